The van der Waals surface area contributed by atoms with E-state index in [1.54, 1.807) is 39.0 Å². The van der Waals surface area contributed by atoms with Gasteiger partial charge in [-0.15, -0.1) is 0 Å². The summed E-state index contributed by atoms with van der Waals surface area (Å²) in [5.41, 5.74) is 1.54. The van der Waals surface area contributed by atoms with Crippen LogP contribution in [0.3, 0.4) is 0 Å². The van der Waals surface area contributed by atoms with Gasteiger partial charge in [-0.05, 0) is 52.3 Å². The van der Waals surface area contributed by atoms with Crippen LogP contribution in [0.4, 0.5) is 4.79 Å². The van der Waals surface area contributed by atoms with E-state index in [-0.39, 0.29) is 12.1 Å². The third kappa shape index (κ3) is 4.47. The van der Waals surface area contributed by atoms with Crippen LogP contribution in [0.2, 0.25) is 0 Å². The number of allylic oxidation sites excluding steroid dienone is 1. The Hall–Kier alpha value is -2.70. The van der Waals surface area contributed by atoms with Crippen molar-refractivity contribution >= 4 is 12.0 Å². The van der Waals surface area contributed by atoms with Crippen LogP contribution in [0.5, 0.6) is 11.5 Å². The third-order valence-electron chi connectivity index (χ3n) is 3.73. The maximum Gasteiger partial charge on any atom is 0.338 e. The topological polar surface area (TPSA) is 85.9 Å². The Bertz CT molecular complexity index is 712. The SMILES string of the molecule is CCOc1ccc(C2NC(=O)NC(C)=C2C(=O)OC(C)C)cc1OCC. The van der Waals surface area contributed by atoms with Crippen LogP contribution in [0.25, 0.3) is 0 Å². The highest BCUT2D eigenvalue weighted by molar-refractivity contribution is 5.95. The molecule has 0 bridgehead atoms. The minimum absolute atomic E-state index is 0.264. The minimum Gasteiger partial charge on any atom is -0.490 e. The Morgan fingerprint density at radius 3 is 2.42 bits per heavy atom. The summed E-state index contributed by atoms with van der Waals surface area (Å²) in [6, 6.07) is 4.35. The summed E-state index contributed by atoms with van der Waals surface area (Å²) in [4.78, 5) is 24.5. The van der Waals surface area contributed by atoms with Crippen LogP contribution < -0.4 is 20.1 Å². The van der Waals surface area contributed by atoms with Crippen molar-refractivity contribution in [3.05, 3.63) is 35.0 Å². The molecule has 7 nitrogen and oxygen atoms in total. The Balaban J connectivity index is 2.45. The summed E-state index contributed by atoms with van der Waals surface area (Å²) in [5, 5.41) is 5.41. The fraction of sp³-hybridized carbons (Fsp3) is 0.474. The Morgan fingerprint density at radius 2 is 1.81 bits per heavy atom. The molecule has 0 aliphatic carbocycles. The predicted octanol–water partition coefficient (Wildman–Crippen LogP) is 3.06. The van der Waals surface area contributed by atoms with Gasteiger partial charge in [0, 0.05) is 5.70 Å². The molecule has 0 aromatic heterocycles. The molecule has 2 amide bonds. The maximum absolute atomic E-state index is 12.6. The number of ether oxygens (including phenoxy) is 3. The molecule has 1 heterocycles. The monoisotopic (exact) mass is 362 g/mol. The number of esters is 1. The highest BCUT2D eigenvalue weighted by Gasteiger charge is 2.33. The van der Waals surface area contributed by atoms with E-state index in [0.29, 0.717) is 41.5 Å². The maximum atomic E-state index is 12.6. The number of hydrogen-bond acceptors (Lipinski definition) is 5. The van der Waals surface area contributed by atoms with Gasteiger partial charge in [0.2, 0.25) is 0 Å². The van der Waals surface area contributed by atoms with Gasteiger partial charge in [-0.2, -0.15) is 0 Å². The van der Waals surface area contributed by atoms with Crippen LogP contribution in [0, 0.1) is 0 Å². The molecule has 2 rings (SSSR count). The van der Waals surface area contributed by atoms with Crippen molar-refractivity contribution in [1.29, 1.82) is 0 Å². The van der Waals surface area contributed by atoms with Gasteiger partial charge in [-0.25, -0.2) is 9.59 Å². The first-order chi connectivity index (χ1) is 12.4. The van der Waals surface area contributed by atoms with Gasteiger partial charge in [0.1, 0.15) is 0 Å². The van der Waals surface area contributed by atoms with Crippen LogP contribution in [0.15, 0.2) is 29.5 Å². The normalized spacial score (nSPS) is 16.8. The van der Waals surface area contributed by atoms with Crippen molar-refractivity contribution in [2.45, 2.75) is 46.8 Å². The lowest BCUT2D eigenvalue weighted by Crippen LogP contribution is -2.45. The number of rotatable bonds is 7. The molecule has 142 valence electrons. The standard InChI is InChI=1S/C19H26N2O5/c1-6-24-14-9-8-13(10-15(14)25-7-2)17-16(18(22)26-11(3)4)12(5)20-19(23)21-17/h8-11,17H,6-7H2,1-5H3,(H2,20,21,23). The number of urea groups is 1. The van der Waals surface area contributed by atoms with E-state index in [9.17, 15) is 9.59 Å². The summed E-state index contributed by atoms with van der Waals surface area (Å²) >= 11 is 0. The molecular weight excluding hydrogens is 336 g/mol. The molecule has 1 aliphatic heterocycles. The number of nitrogens with one attached hydrogen (secondary N) is 2. The fourth-order valence-corrected chi connectivity index (χ4v) is 2.74. The van der Waals surface area contributed by atoms with Gasteiger partial charge in [-0.1, -0.05) is 6.07 Å². The fourth-order valence-electron chi connectivity index (χ4n) is 2.74. The largest absolute Gasteiger partial charge is 0.490 e. The first kappa shape index (κ1) is 19.6. The Labute approximate surface area is 153 Å². The lowest BCUT2D eigenvalue weighted by atomic mass is 9.95. The van der Waals surface area contributed by atoms with E-state index < -0.39 is 12.0 Å². The second kappa shape index (κ2) is 8.60. The zero-order valence-corrected chi connectivity index (χ0v) is 15.8. The van der Waals surface area contributed by atoms with Crippen molar-refractivity contribution in [2.24, 2.45) is 0 Å². The summed E-state index contributed by atoms with van der Waals surface area (Å²) in [6.45, 7) is 9.99. The number of carbonyl (C=O) groups excluding carboxylic acids is 2. The smallest absolute Gasteiger partial charge is 0.338 e. The number of hydrogen-bond donors (Lipinski definition) is 2. The van der Waals surface area contributed by atoms with E-state index in [1.807, 2.05) is 13.8 Å². The zero-order chi connectivity index (χ0) is 19.3. The van der Waals surface area contributed by atoms with E-state index in [4.69, 9.17) is 14.2 Å². The lowest BCUT2D eigenvalue weighted by Gasteiger charge is -2.29. The van der Waals surface area contributed by atoms with Gasteiger partial charge in [0.05, 0.1) is 30.9 Å². The molecule has 1 aromatic carbocycles. The Kier molecular flexibility index (Phi) is 6.49. The molecule has 2 N–H and O–H groups in total. The summed E-state index contributed by atoms with van der Waals surface area (Å²) in [5.74, 6) is 0.709. The molecule has 1 aromatic rings. The zero-order valence-electron chi connectivity index (χ0n) is 15.8. The van der Waals surface area contributed by atoms with Crippen LogP contribution in [0.1, 0.15) is 46.2 Å². The summed E-state index contributed by atoms with van der Waals surface area (Å²) < 4.78 is 16.6. The molecule has 1 aliphatic rings. The quantitative estimate of drug-likeness (QED) is 0.728. The van der Waals surface area contributed by atoms with E-state index in [1.165, 1.54) is 0 Å². The third-order valence-corrected chi connectivity index (χ3v) is 3.73. The van der Waals surface area contributed by atoms with Crippen molar-refractivity contribution < 1.29 is 23.8 Å². The molecule has 0 radical (unpaired) electrons. The van der Waals surface area contributed by atoms with Crippen LogP contribution >= 0.6 is 0 Å². The molecule has 1 unspecified atom stereocenters. The molecule has 26 heavy (non-hydrogen) atoms. The molecule has 0 spiro atoms. The molecule has 0 fully saturated rings. The van der Waals surface area contributed by atoms with Gasteiger partial charge >= 0.3 is 12.0 Å². The molecular formula is C19H26N2O5. The number of carbonyl (C=O) groups is 2. The van der Waals surface area contributed by atoms with Gasteiger partial charge in [0.15, 0.2) is 11.5 Å². The van der Waals surface area contributed by atoms with Gasteiger partial charge < -0.3 is 24.8 Å². The van der Waals surface area contributed by atoms with E-state index in [0.717, 1.165) is 0 Å². The predicted molar refractivity (Wildman–Crippen MR) is 97.1 cm³/mol. The van der Waals surface area contributed by atoms with Crippen LogP contribution in [-0.4, -0.2) is 31.3 Å². The number of benzene rings is 1. The summed E-state index contributed by atoms with van der Waals surface area (Å²) in [6.07, 6.45) is -0.264. The second-order valence-electron chi connectivity index (χ2n) is 6.10. The average Bonchev–Trinajstić information content (AvgIpc) is 2.55. The second-order valence-corrected chi connectivity index (χ2v) is 6.10. The highest BCUT2D eigenvalue weighted by Crippen LogP contribution is 2.34. The highest BCUT2D eigenvalue weighted by atomic mass is 16.5. The first-order valence-electron chi connectivity index (χ1n) is 8.76. The Morgan fingerprint density at radius 1 is 1.15 bits per heavy atom. The van der Waals surface area contributed by atoms with Gasteiger partial charge in [0.25, 0.3) is 0 Å². The van der Waals surface area contributed by atoms with Crippen LogP contribution in [-0.2, 0) is 9.53 Å². The van der Waals surface area contributed by atoms with Crippen molar-refractivity contribution in [3.63, 3.8) is 0 Å². The number of amides is 2. The molecule has 1 atom stereocenters. The summed E-state index contributed by atoms with van der Waals surface area (Å²) in [7, 11) is 0. The van der Waals surface area contributed by atoms with Gasteiger partial charge in [-0.3, -0.25) is 0 Å². The molecule has 0 saturated carbocycles. The van der Waals surface area contributed by atoms with E-state index in [2.05, 4.69) is 10.6 Å². The lowest BCUT2D eigenvalue weighted by molar-refractivity contribution is -0.143. The van der Waals surface area contributed by atoms with Crippen molar-refractivity contribution in [2.75, 3.05) is 13.2 Å². The molecule has 0 saturated heterocycles. The van der Waals surface area contributed by atoms with E-state index >= 15 is 0 Å². The first-order valence-corrected chi connectivity index (χ1v) is 8.76. The average molecular weight is 362 g/mol. The minimum atomic E-state index is -0.634. The van der Waals surface area contributed by atoms with Crippen molar-refractivity contribution in [1.82, 2.24) is 10.6 Å². The van der Waals surface area contributed by atoms with Crippen molar-refractivity contribution in [3.8, 4) is 11.5 Å². The molecule has 7 heteroatoms.